The lowest BCUT2D eigenvalue weighted by Gasteiger charge is -2.05. The minimum atomic E-state index is -4.10. The second-order valence-corrected chi connectivity index (χ2v) is 4.79. The van der Waals surface area contributed by atoms with Crippen LogP contribution in [0.15, 0.2) is 27.6 Å². The van der Waals surface area contributed by atoms with Gasteiger partial charge in [0.2, 0.25) is 0 Å². The molecule has 1 aromatic rings. The molecule has 0 spiro atoms. The number of halogens is 2. The van der Waals surface area contributed by atoms with Gasteiger partial charge in [0.1, 0.15) is 0 Å². The fraction of sp³-hybridized carbons (Fsp3) is 0.250. The Morgan fingerprint density at radius 1 is 1.43 bits per heavy atom. The molecule has 80 valence electrons. The average molecular weight is 302 g/mol. The highest BCUT2D eigenvalue weighted by Crippen LogP contribution is 2.24. The van der Waals surface area contributed by atoms with E-state index in [0.29, 0.717) is 16.5 Å². The summed E-state index contributed by atoms with van der Waals surface area (Å²) in [6.07, 6.45) is 0.552. The summed E-state index contributed by atoms with van der Waals surface area (Å²) in [6, 6.07) is 4.71. The number of rotatable bonds is 2. The molecule has 0 aliphatic rings. The van der Waals surface area contributed by atoms with Crippen LogP contribution >= 0.6 is 28.3 Å². The molecular formula is C8H10BrClO3S. The first kappa shape index (κ1) is 13.9. The largest absolute Gasteiger partial charge is 0.294 e. The van der Waals surface area contributed by atoms with Crippen molar-refractivity contribution in [2.24, 2.45) is 0 Å². The topological polar surface area (TPSA) is 54.4 Å². The van der Waals surface area contributed by atoms with Gasteiger partial charge < -0.3 is 0 Å². The molecule has 0 radical (unpaired) electrons. The quantitative estimate of drug-likeness (QED) is 0.855. The van der Waals surface area contributed by atoms with Crippen LogP contribution in [0.3, 0.4) is 0 Å². The summed E-state index contributed by atoms with van der Waals surface area (Å²) >= 11 is 3.22. The maximum Gasteiger partial charge on any atom is 0.294 e. The molecule has 0 heterocycles. The summed E-state index contributed by atoms with van der Waals surface area (Å²) in [5.74, 6) is 0. The Kier molecular flexibility index (Phi) is 5.08. The molecule has 1 aromatic carbocycles. The zero-order chi connectivity index (χ0) is 10.1. The zero-order valence-electron chi connectivity index (χ0n) is 7.40. The van der Waals surface area contributed by atoms with Crippen molar-refractivity contribution in [2.75, 3.05) is 0 Å². The van der Waals surface area contributed by atoms with Crippen LogP contribution in [0.25, 0.3) is 0 Å². The van der Waals surface area contributed by atoms with Gasteiger partial charge in [0.25, 0.3) is 10.1 Å². The van der Waals surface area contributed by atoms with Gasteiger partial charge in [-0.2, -0.15) is 8.42 Å². The monoisotopic (exact) mass is 300 g/mol. The van der Waals surface area contributed by atoms with Crippen LogP contribution in [-0.2, 0) is 16.5 Å². The summed E-state index contributed by atoms with van der Waals surface area (Å²) in [7, 11) is -4.10. The Balaban J connectivity index is 0.00000169. The number of hydrogen-bond donors (Lipinski definition) is 1. The Hall–Kier alpha value is -0.100. The van der Waals surface area contributed by atoms with E-state index in [1.165, 1.54) is 6.07 Å². The third-order valence-corrected chi connectivity index (χ3v) is 3.39. The Morgan fingerprint density at radius 2 is 2.00 bits per heavy atom. The normalized spacial score (nSPS) is 10.8. The molecule has 0 saturated heterocycles. The van der Waals surface area contributed by atoms with E-state index in [1.54, 1.807) is 12.1 Å². The van der Waals surface area contributed by atoms with Crippen LogP contribution in [0.1, 0.15) is 12.5 Å². The van der Waals surface area contributed by atoms with Crippen LogP contribution in [-0.4, -0.2) is 13.0 Å². The molecule has 1 N–H and O–H groups in total. The van der Waals surface area contributed by atoms with E-state index < -0.39 is 10.1 Å². The lowest BCUT2D eigenvalue weighted by atomic mass is 10.2. The van der Waals surface area contributed by atoms with Gasteiger partial charge in [-0.1, -0.05) is 28.9 Å². The summed E-state index contributed by atoms with van der Waals surface area (Å²) in [4.78, 5) is -0.0237. The lowest BCUT2D eigenvalue weighted by molar-refractivity contribution is 0.482. The predicted molar refractivity (Wildman–Crippen MR) is 60.6 cm³/mol. The van der Waals surface area contributed by atoms with Crippen molar-refractivity contribution in [1.82, 2.24) is 0 Å². The Labute approximate surface area is 97.8 Å². The zero-order valence-corrected chi connectivity index (χ0v) is 10.6. The smallest absolute Gasteiger partial charge is 0.282 e. The van der Waals surface area contributed by atoms with Crippen molar-refractivity contribution in [3.8, 4) is 0 Å². The van der Waals surface area contributed by atoms with E-state index in [4.69, 9.17) is 4.55 Å². The van der Waals surface area contributed by atoms with E-state index >= 15 is 0 Å². The summed E-state index contributed by atoms with van der Waals surface area (Å²) in [6.45, 7) is 1.83. The summed E-state index contributed by atoms with van der Waals surface area (Å²) < 4.78 is 31.4. The molecule has 0 aromatic heterocycles. The predicted octanol–water partition coefficient (Wildman–Crippen LogP) is 2.68. The molecule has 1 rings (SSSR count). The minimum absolute atomic E-state index is 0. The summed E-state index contributed by atoms with van der Waals surface area (Å²) in [5.41, 5.74) is 0.602. The second-order valence-electron chi connectivity index (χ2n) is 2.55. The van der Waals surface area contributed by atoms with Crippen LogP contribution in [0, 0.1) is 0 Å². The molecule has 0 saturated carbocycles. The van der Waals surface area contributed by atoms with Crippen molar-refractivity contribution in [2.45, 2.75) is 18.2 Å². The number of hydrogen-bond acceptors (Lipinski definition) is 2. The molecule has 0 bridgehead atoms. The first-order valence-corrected chi connectivity index (χ1v) is 5.95. The van der Waals surface area contributed by atoms with Gasteiger partial charge in [0.15, 0.2) is 0 Å². The van der Waals surface area contributed by atoms with Crippen LogP contribution in [0.2, 0.25) is 0 Å². The molecule has 0 aliphatic carbocycles. The molecule has 14 heavy (non-hydrogen) atoms. The SMILES string of the molecule is CCc1c(Br)cccc1S(=O)(=O)O.Cl. The van der Waals surface area contributed by atoms with Gasteiger partial charge in [-0.3, -0.25) is 4.55 Å². The highest BCUT2D eigenvalue weighted by Gasteiger charge is 2.15. The van der Waals surface area contributed by atoms with E-state index in [2.05, 4.69) is 15.9 Å². The van der Waals surface area contributed by atoms with Gasteiger partial charge >= 0.3 is 0 Å². The van der Waals surface area contributed by atoms with Gasteiger partial charge in [0.05, 0.1) is 4.90 Å². The van der Waals surface area contributed by atoms with Gasteiger partial charge in [-0.05, 0) is 24.1 Å². The van der Waals surface area contributed by atoms with Crippen molar-refractivity contribution in [3.05, 3.63) is 28.2 Å². The molecule has 0 fully saturated rings. The second kappa shape index (κ2) is 5.11. The van der Waals surface area contributed by atoms with E-state index in [-0.39, 0.29) is 17.3 Å². The fourth-order valence-electron chi connectivity index (χ4n) is 1.12. The van der Waals surface area contributed by atoms with E-state index in [9.17, 15) is 8.42 Å². The molecule has 0 amide bonds. The third kappa shape index (κ3) is 2.95. The van der Waals surface area contributed by atoms with Gasteiger partial charge in [0, 0.05) is 4.47 Å². The minimum Gasteiger partial charge on any atom is -0.282 e. The highest BCUT2D eigenvalue weighted by molar-refractivity contribution is 9.10. The Bertz CT molecular complexity index is 417. The van der Waals surface area contributed by atoms with Gasteiger partial charge in [-0.15, -0.1) is 12.4 Å². The highest BCUT2D eigenvalue weighted by atomic mass is 79.9. The first-order valence-electron chi connectivity index (χ1n) is 3.71. The van der Waals surface area contributed by atoms with Crippen molar-refractivity contribution < 1.29 is 13.0 Å². The van der Waals surface area contributed by atoms with Crippen LogP contribution in [0.5, 0.6) is 0 Å². The molecule has 3 nitrogen and oxygen atoms in total. The van der Waals surface area contributed by atoms with Crippen LogP contribution < -0.4 is 0 Å². The maximum atomic E-state index is 10.9. The molecule has 0 unspecified atom stereocenters. The standard InChI is InChI=1S/C8H9BrO3S.ClH/c1-2-6-7(9)4-3-5-8(6)13(10,11)12;/h3-5H,2H2,1H3,(H,10,11,12);1H. The summed E-state index contributed by atoms with van der Waals surface area (Å²) in [5, 5.41) is 0. The lowest BCUT2D eigenvalue weighted by Crippen LogP contribution is -2.02. The fourth-order valence-corrected chi connectivity index (χ4v) is 2.72. The molecule has 0 atom stereocenters. The van der Waals surface area contributed by atoms with Crippen LogP contribution in [0.4, 0.5) is 0 Å². The average Bonchev–Trinajstić information content (AvgIpc) is 2.02. The number of benzene rings is 1. The maximum absolute atomic E-state index is 10.9. The molecular weight excluding hydrogens is 292 g/mol. The van der Waals surface area contributed by atoms with Gasteiger partial charge in [-0.25, -0.2) is 0 Å². The van der Waals surface area contributed by atoms with Crippen molar-refractivity contribution in [3.63, 3.8) is 0 Å². The van der Waals surface area contributed by atoms with E-state index in [0.717, 1.165) is 0 Å². The molecule has 0 aliphatic heterocycles. The van der Waals surface area contributed by atoms with E-state index in [1.807, 2.05) is 6.92 Å². The Morgan fingerprint density at radius 3 is 2.36 bits per heavy atom. The van der Waals surface area contributed by atoms with Crippen molar-refractivity contribution >= 4 is 38.5 Å². The third-order valence-electron chi connectivity index (χ3n) is 1.71. The first-order chi connectivity index (χ1) is 5.96. The van der Waals surface area contributed by atoms with Crippen molar-refractivity contribution in [1.29, 1.82) is 0 Å². The molecule has 6 heteroatoms.